The van der Waals surface area contributed by atoms with Crippen LogP contribution < -0.4 is 10.1 Å². The molecule has 1 aromatic rings. The van der Waals surface area contributed by atoms with Crippen LogP contribution in [-0.2, 0) is 23.9 Å². The van der Waals surface area contributed by atoms with Crippen molar-refractivity contribution in [1.82, 2.24) is 10.2 Å². The van der Waals surface area contributed by atoms with Crippen molar-refractivity contribution >= 4 is 83.3 Å². The van der Waals surface area contributed by atoms with E-state index in [1.807, 2.05) is 6.92 Å². The molecule has 0 aromatic heterocycles. The minimum atomic E-state index is -1.09. The summed E-state index contributed by atoms with van der Waals surface area (Å²) in [6.45, 7) is 1.74. The molecule has 13 heteroatoms. The number of carbonyl (C=O) groups excluding carboxylic acids is 4. The summed E-state index contributed by atoms with van der Waals surface area (Å²) in [5, 5.41) is 3.90. The summed E-state index contributed by atoms with van der Waals surface area (Å²) >= 11 is 11.1. The van der Waals surface area contributed by atoms with Crippen LogP contribution in [0.1, 0.15) is 36.5 Å². The molecule has 0 bridgehead atoms. The number of hydrogen-bond acceptors (Lipinski definition) is 8. The van der Waals surface area contributed by atoms with Gasteiger partial charge in [0.1, 0.15) is 30.4 Å². The number of alkyl halides is 3. The van der Waals surface area contributed by atoms with Crippen molar-refractivity contribution in [2.75, 3.05) is 20.3 Å². The lowest BCUT2D eigenvalue weighted by Crippen LogP contribution is -2.74. The molecule has 2 unspecified atom stereocenters. The van der Waals surface area contributed by atoms with E-state index in [0.717, 1.165) is 6.42 Å². The minimum absolute atomic E-state index is 0.0836. The number of halogens is 3. The lowest BCUT2D eigenvalue weighted by molar-refractivity contribution is -0.162. The van der Waals surface area contributed by atoms with Crippen molar-refractivity contribution in [2.24, 2.45) is 0 Å². The first-order valence-corrected chi connectivity index (χ1v) is 14.4. The molecular formula is C23H25Br3N2O7S. The Hall–Kier alpha value is -1.57. The molecule has 3 rings (SSSR count). The van der Waals surface area contributed by atoms with Gasteiger partial charge in [-0.1, -0.05) is 73.3 Å². The number of methoxy groups -OCH3 is 1. The zero-order chi connectivity index (χ0) is 26.5. The Kier molecular flexibility index (Phi) is 10.3. The molecule has 1 fully saturated rings. The number of nitrogens with one attached hydrogen (secondary N) is 1. The summed E-state index contributed by atoms with van der Waals surface area (Å²) in [6, 6.07) is 4.75. The second-order valence-corrected chi connectivity index (χ2v) is 16.3. The largest absolute Gasteiger partial charge is 0.496 e. The number of para-hydroxylation sites is 1. The van der Waals surface area contributed by atoms with Gasteiger partial charge in [0.25, 0.3) is 5.91 Å². The zero-order valence-electron chi connectivity index (χ0n) is 19.5. The van der Waals surface area contributed by atoms with Crippen LogP contribution in [0.15, 0.2) is 35.2 Å². The third-order valence-corrected chi connectivity index (χ3v) is 7.35. The number of ether oxygens (including phenoxy) is 3. The zero-order valence-corrected chi connectivity index (χ0v) is 25.1. The van der Waals surface area contributed by atoms with Gasteiger partial charge < -0.3 is 24.4 Å². The lowest BCUT2D eigenvalue weighted by atomic mass is 9.98. The Labute approximate surface area is 238 Å². The highest BCUT2D eigenvalue weighted by atomic mass is 80.0. The van der Waals surface area contributed by atoms with Crippen LogP contribution >= 0.6 is 59.6 Å². The van der Waals surface area contributed by atoms with Gasteiger partial charge >= 0.3 is 11.9 Å². The Morgan fingerprint density at radius 2 is 1.89 bits per heavy atom. The fourth-order valence-corrected chi connectivity index (χ4v) is 5.21. The predicted molar refractivity (Wildman–Crippen MR) is 145 cm³/mol. The summed E-state index contributed by atoms with van der Waals surface area (Å²) in [7, 11) is 1.46. The van der Waals surface area contributed by atoms with E-state index in [2.05, 4.69) is 53.1 Å². The maximum atomic E-state index is 13.2. The number of benzene rings is 1. The lowest BCUT2D eigenvalue weighted by Gasteiger charge is -2.51. The summed E-state index contributed by atoms with van der Waals surface area (Å²) in [4.78, 5) is 52.5. The van der Waals surface area contributed by atoms with E-state index >= 15 is 0 Å². The average molecular weight is 713 g/mol. The number of fused-ring (bicyclic) bond motifs is 1. The maximum absolute atomic E-state index is 13.2. The molecule has 1 N–H and O–H groups in total. The third-order valence-electron chi connectivity index (χ3n) is 5.44. The second kappa shape index (κ2) is 12.8. The van der Waals surface area contributed by atoms with Crippen molar-refractivity contribution in [1.29, 1.82) is 0 Å². The number of esters is 2. The van der Waals surface area contributed by atoms with E-state index in [1.165, 1.54) is 23.8 Å². The standard InChI is InChI=1S/C23H25Br3N2O7S/c1-3-4-9-16(29)34-10-13-11-36-21-17(27-19(30)14-7-5-6-8-15(14)33-2)20(31)28(21)18(13)22(32)35-12-23(24,25)26/h5-8,11,17-18,21H,3-4,9-10,12H2,1-2H3,(H,27,30)/t17?,18?,21-/m0/s1. The topological polar surface area (TPSA) is 111 Å². The van der Waals surface area contributed by atoms with Crippen molar-refractivity contribution in [3.05, 3.63) is 40.8 Å². The van der Waals surface area contributed by atoms with Crippen LogP contribution in [0.3, 0.4) is 0 Å². The van der Waals surface area contributed by atoms with Gasteiger partial charge in [-0.05, 0) is 24.0 Å². The molecule has 9 nitrogen and oxygen atoms in total. The van der Waals surface area contributed by atoms with Gasteiger partial charge in [-0.15, -0.1) is 11.8 Å². The third kappa shape index (κ3) is 7.05. The molecule has 0 radical (unpaired) electrons. The van der Waals surface area contributed by atoms with Gasteiger partial charge in [-0.3, -0.25) is 14.4 Å². The van der Waals surface area contributed by atoms with Crippen LogP contribution in [-0.4, -0.2) is 68.6 Å². The normalized spacial score (nSPS) is 21.0. The van der Waals surface area contributed by atoms with E-state index in [9.17, 15) is 19.2 Å². The highest BCUT2D eigenvalue weighted by Crippen LogP contribution is 2.41. The molecule has 0 spiro atoms. The van der Waals surface area contributed by atoms with Gasteiger partial charge in [0.15, 0.2) is 8.18 Å². The molecule has 0 saturated carbocycles. The molecular weight excluding hydrogens is 688 g/mol. The number of rotatable bonds is 10. The second-order valence-electron chi connectivity index (χ2n) is 8.01. The maximum Gasteiger partial charge on any atom is 0.333 e. The Bertz CT molecular complexity index is 1050. The van der Waals surface area contributed by atoms with Crippen LogP contribution in [0.5, 0.6) is 5.75 Å². The van der Waals surface area contributed by atoms with Gasteiger partial charge in [-0.2, -0.15) is 0 Å². The summed E-state index contributed by atoms with van der Waals surface area (Å²) in [5.74, 6) is -1.59. The summed E-state index contributed by atoms with van der Waals surface area (Å²) in [6.07, 6.45) is 1.82. The van der Waals surface area contributed by atoms with E-state index < -0.39 is 37.4 Å². The highest BCUT2D eigenvalue weighted by molar-refractivity contribution is 9.39. The molecule has 3 atom stereocenters. The predicted octanol–water partition coefficient (Wildman–Crippen LogP) is 4.08. The first kappa shape index (κ1) is 29.0. The molecule has 2 heterocycles. The molecule has 36 heavy (non-hydrogen) atoms. The first-order chi connectivity index (χ1) is 17.1. The number of thioether (sulfide) groups is 1. The van der Waals surface area contributed by atoms with Crippen molar-refractivity contribution in [3.63, 3.8) is 0 Å². The number of hydrogen-bond donors (Lipinski definition) is 1. The molecule has 2 aliphatic heterocycles. The van der Waals surface area contributed by atoms with Crippen molar-refractivity contribution in [2.45, 2.75) is 45.8 Å². The number of amides is 2. The molecule has 0 aliphatic carbocycles. The monoisotopic (exact) mass is 710 g/mol. The van der Waals surface area contributed by atoms with E-state index in [0.29, 0.717) is 23.3 Å². The van der Waals surface area contributed by atoms with Crippen LogP contribution in [0, 0.1) is 0 Å². The number of unbranched alkanes of at least 4 members (excludes halogenated alkanes) is 1. The van der Waals surface area contributed by atoms with Crippen molar-refractivity contribution in [3.8, 4) is 5.75 Å². The summed E-state index contributed by atoms with van der Waals surface area (Å²) < 4.78 is 15.2. The van der Waals surface area contributed by atoms with Gasteiger partial charge in [-0.25, -0.2) is 4.79 Å². The summed E-state index contributed by atoms with van der Waals surface area (Å²) in [5.41, 5.74) is 0.722. The molecule has 2 amide bonds. The highest BCUT2D eigenvalue weighted by Gasteiger charge is 2.56. The fraction of sp³-hybridized carbons (Fsp3) is 0.478. The SMILES string of the molecule is CCCCC(=O)OCC1=CS[C@H]2C(NC(=O)c3ccccc3OC)C(=O)N2C1C(=O)OCC(Br)(Br)Br. The molecule has 2 aliphatic rings. The fourth-order valence-electron chi connectivity index (χ4n) is 3.66. The van der Waals surface area contributed by atoms with Crippen molar-refractivity contribution < 1.29 is 33.4 Å². The minimum Gasteiger partial charge on any atom is -0.496 e. The van der Waals surface area contributed by atoms with Gasteiger partial charge in [0, 0.05) is 12.0 Å². The van der Waals surface area contributed by atoms with Crippen LogP contribution in [0.2, 0.25) is 0 Å². The molecule has 1 aromatic carbocycles. The Morgan fingerprint density at radius 3 is 2.56 bits per heavy atom. The number of nitrogens with zero attached hydrogens (tertiary/aromatic N) is 1. The molecule has 1 saturated heterocycles. The quantitative estimate of drug-likeness (QED) is 0.220. The number of β-lactam (4-membered cyclic amide) rings is 1. The van der Waals surface area contributed by atoms with E-state index in [1.54, 1.807) is 29.7 Å². The number of carbonyl (C=O) groups is 4. The van der Waals surface area contributed by atoms with Crippen LogP contribution in [0.25, 0.3) is 0 Å². The van der Waals surface area contributed by atoms with Crippen LogP contribution in [0.4, 0.5) is 0 Å². The van der Waals surface area contributed by atoms with Gasteiger partial charge in [0.2, 0.25) is 5.91 Å². The smallest absolute Gasteiger partial charge is 0.333 e. The Balaban J connectivity index is 1.76. The first-order valence-electron chi connectivity index (χ1n) is 11.1. The molecule has 196 valence electrons. The Morgan fingerprint density at radius 1 is 1.17 bits per heavy atom. The van der Waals surface area contributed by atoms with E-state index in [-0.39, 0.29) is 25.6 Å². The van der Waals surface area contributed by atoms with E-state index in [4.69, 9.17) is 14.2 Å². The average Bonchev–Trinajstić information content (AvgIpc) is 2.86. The van der Waals surface area contributed by atoms with Gasteiger partial charge in [0.05, 0.1) is 12.7 Å².